The van der Waals surface area contributed by atoms with Crippen molar-refractivity contribution in [3.8, 4) is 0 Å². The highest BCUT2D eigenvalue weighted by Gasteiger charge is 2.28. The summed E-state index contributed by atoms with van der Waals surface area (Å²) in [7, 11) is 0. The molecular formula is C16H23NO3. The fourth-order valence-corrected chi connectivity index (χ4v) is 2.02. The lowest BCUT2D eigenvalue weighted by Crippen LogP contribution is -2.39. The average Bonchev–Trinajstić information content (AvgIpc) is 2.43. The van der Waals surface area contributed by atoms with E-state index in [4.69, 9.17) is 5.11 Å². The van der Waals surface area contributed by atoms with Crippen molar-refractivity contribution >= 4 is 11.9 Å². The highest BCUT2D eigenvalue weighted by Crippen LogP contribution is 2.23. The third-order valence-electron chi connectivity index (χ3n) is 3.68. The number of rotatable bonds is 6. The normalized spacial score (nSPS) is 15.4. The zero-order valence-corrected chi connectivity index (χ0v) is 12.5. The maximum absolute atomic E-state index is 12.2. The first kappa shape index (κ1) is 16.2. The summed E-state index contributed by atoms with van der Waals surface area (Å²) in [4.78, 5) is 23.2. The highest BCUT2D eigenvalue weighted by molar-refractivity contribution is 5.84. The summed E-state index contributed by atoms with van der Waals surface area (Å²) in [5.74, 6) is -2.19. The third-order valence-corrected chi connectivity index (χ3v) is 3.68. The van der Waals surface area contributed by atoms with Crippen molar-refractivity contribution < 1.29 is 14.7 Å². The molecule has 4 nitrogen and oxygen atoms in total. The number of hydrogen-bond acceptors (Lipinski definition) is 2. The van der Waals surface area contributed by atoms with Crippen LogP contribution in [0, 0.1) is 17.8 Å². The number of carboxylic acids is 1. The van der Waals surface area contributed by atoms with Gasteiger partial charge in [0.15, 0.2) is 0 Å². The number of aliphatic carboxylic acids is 1. The van der Waals surface area contributed by atoms with Crippen molar-refractivity contribution in [3.63, 3.8) is 0 Å². The molecule has 0 saturated carbocycles. The van der Waals surface area contributed by atoms with E-state index in [1.54, 1.807) is 13.8 Å². The molecule has 2 N–H and O–H groups in total. The lowest BCUT2D eigenvalue weighted by atomic mass is 9.92. The van der Waals surface area contributed by atoms with Crippen molar-refractivity contribution in [2.24, 2.45) is 17.8 Å². The molecule has 0 fully saturated rings. The Labute approximate surface area is 120 Å². The second kappa shape index (κ2) is 7.08. The average molecular weight is 277 g/mol. The van der Waals surface area contributed by atoms with E-state index in [1.165, 1.54) is 0 Å². The van der Waals surface area contributed by atoms with Crippen LogP contribution >= 0.6 is 0 Å². The molecule has 0 aliphatic rings. The van der Waals surface area contributed by atoms with Gasteiger partial charge in [0.2, 0.25) is 5.91 Å². The Morgan fingerprint density at radius 2 is 1.55 bits per heavy atom. The van der Waals surface area contributed by atoms with Crippen molar-refractivity contribution in [1.82, 2.24) is 5.32 Å². The number of carboxylic acid groups (broad SMARTS) is 1. The van der Waals surface area contributed by atoms with Crippen molar-refractivity contribution in [3.05, 3.63) is 35.9 Å². The Bertz CT molecular complexity index is 456. The van der Waals surface area contributed by atoms with E-state index in [9.17, 15) is 9.59 Å². The van der Waals surface area contributed by atoms with Crippen LogP contribution in [0.15, 0.2) is 30.3 Å². The second-order valence-electron chi connectivity index (χ2n) is 5.56. The van der Waals surface area contributed by atoms with Gasteiger partial charge < -0.3 is 10.4 Å². The van der Waals surface area contributed by atoms with Crippen molar-refractivity contribution in [1.29, 1.82) is 0 Å². The fraction of sp³-hybridized carbons (Fsp3) is 0.500. The summed E-state index contributed by atoms with van der Waals surface area (Å²) >= 11 is 0. The first-order valence-electron chi connectivity index (χ1n) is 6.92. The topological polar surface area (TPSA) is 66.4 Å². The quantitative estimate of drug-likeness (QED) is 0.840. The summed E-state index contributed by atoms with van der Waals surface area (Å²) < 4.78 is 0. The molecule has 0 radical (unpaired) electrons. The van der Waals surface area contributed by atoms with Crippen molar-refractivity contribution in [2.45, 2.75) is 33.7 Å². The molecule has 0 aliphatic carbocycles. The van der Waals surface area contributed by atoms with Gasteiger partial charge in [-0.25, -0.2) is 0 Å². The van der Waals surface area contributed by atoms with E-state index in [1.807, 2.05) is 44.2 Å². The van der Waals surface area contributed by atoms with Gasteiger partial charge in [-0.3, -0.25) is 9.59 Å². The van der Waals surface area contributed by atoms with Gasteiger partial charge in [-0.1, -0.05) is 58.0 Å². The summed E-state index contributed by atoms with van der Waals surface area (Å²) in [6.45, 7) is 7.27. The van der Waals surface area contributed by atoms with Crippen molar-refractivity contribution in [2.75, 3.05) is 0 Å². The minimum absolute atomic E-state index is 0.104. The van der Waals surface area contributed by atoms with Crippen LogP contribution in [0.5, 0.6) is 0 Å². The molecular weight excluding hydrogens is 254 g/mol. The Hall–Kier alpha value is -1.84. The number of carbonyl (C=O) groups is 2. The van der Waals surface area contributed by atoms with Gasteiger partial charge in [-0.05, 0) is 11.5 Å². The van der Waals surface area contributed by atoms with Gasteiger partial charge >= 0.3 is 5.97 Å². The fourth-order valence-electron chi connectivity index (χ4n) is 2.02. The number of benzene rings is 1. The Morgan fingerprint density at radius 1 is 1.00 bits per heavy atom. The Kier molecular flexibility index (Phi) is 5.74. The lowest BCUT2D eigenvalue weighted by Gasteiger charge is -2.25. The molecule has 1 aromatic rings. The highest BCUT2D eigenvalue weighted by atomic mass is 16.4. The molecule has 0 bridgehead atoms. The lowest BCUT2D eigenvalue weighted by molar-refractivity contribution is -0.146. The Balaban J connectivity index is 2.82. The monoisotopic (exact) mass is 277 g/mol. The maximum Gasteiger partial charge on any atom is 0.307 e. The van der Waals surface area contributed by atoms with Crippen LogP contribution in [0.25, 0.3) is 0 Å². The summed E-state index contributed by atoms with van der Waals surface area (Å²) in [6, 6.07) is 9.62. The molecule has 110 valence electrons. The van der Waals surface area contributed by atoms with Gasteiger partial charge in [-0.2, -0.15) is 0 Å². The van der Waals surface area contributed by atoms with E-state index in [2.05, 4.69) is 5.32 Å². The van der Waals surface area contributed by atoms with Gasteiger partial charge in [0.25, 0.3) is 0 Å². The van der Waals surface area contributed by atoms with Gasteiger partial charge in [0.1, 0.15) is 0 Å². The second-order valence-corrected chi connectivity index (χ2v) is 5.56. The SMILES string of the molecule is CC(C)C(NC(=O)C(C)C(C)C(=O)O)c1ccccc1. The standard InChI is InChI=1S/C16H23NO3/c1-10(2)14(13-8-6-5-7-9-13)17-15(18)11(3)12(4)16(19)20/h5-12,14H,1-4H3,(H,17,18)(H,19,20). The van der Waals surface area contributed by atoms with Crippen LogP contribution in [0.4, 0.5) is 0 Å². The molecule has 0 saturated heterocycles. The molecule has 0 heterocycles. The predicted octanol–water partition coefficient (Wildman–Crippen LogP) is 2.86. The molecule has 0 spiro atoms. The molecule has 0 aliphatic heterocycles. The molecule has 0 aromatic heterocycles. The molecule has 4 heteroatoms. The summed E-state index contributed by atoms with van der Waals surface area (Å²) in [6.07, 6.45) is 0. The van der Waals surface area contributed by atoms with Crippen LogP contribution < -0.4 is 5.32 Å². The van der Waals surface area contributed by atoms with Gasteiger partial charge in [0, 0.05) is 5.92 Å². The number of nitrogens with one attached hydrogen (secondary N) is 1. The van der Waals surface area contributed by atoms with Gasteiger partial charge in [0.05, 0.1) is 12.0 Å². The van der Waals surface area contributed by atoms with E-state index < -0.39 is 17.8 Å². The van der Waals surface area contributed by atoms with E-state index in [0.29, 0.717) is 0 Å². The Morgan fingerprint density at radius 3 is 2.00 bits per heavy atom. The molecule has 1 aromatic carbocycles. The van der Waals surface area contributed by atoms with Crippen LogP contribution in [0.1, 0.15) is 39.3 Å². The van der Waals surface area contributed by atoms with Gasteiger partial charge in [-0.15, -0.1) is 0 Å². The molecule has 3 atom stereocenters. The minimum atomic E-state index is -0.951. The van der Waals surface area contributed by atoms with Crippen LogP contribution in [-0.4, -0.2) is 17.0 Å². The van der Waals surface area contributed by atoms with E-state index in [-0.39, 0.29) is 17.9 Å². The van der Waals surface area contributed by atoms with Crippen LogP contribution in [0.2, 0.25) is 0 Å². The van der Waals surface area contributed by atoms with Crippen LogP contribution in [0.3, 0.4) is 0 Å². The predicted molar refractivity (Wildman–Crippen MR) is 78.1 cm³/mol. The van der Waals surface area contributed by atoms with Crippen LogP contribution in [-0.2, 0) is 9.59 Å². The minimum Gasteiger partial charge on any atom is -0.481 e. The summed E-state index contributed by atoms with van der Waals surface area (Å²) in [5, 5.41) is 11.9. The molecule has 3 unspecified atom stereocenters. The molecule has 1 amide bonds. The maximum atomic E-state index is 12.2. The first-order chi connectivity index (χ1) is 9.34. The molecule has 20 heavy (non-hydrogen) atoms. The molecule has 1 rings (SSSR count). The van der Waals surface area contributed by atoms with E-state index >= 15 is 0 Å². The number of amides is 1. The van der Waals surface area contributed by atoms with E-state index in [0.717, 1.165) is 5.56 Å². The zero-order chi connectivity index (χ0) is 15.3. The number of carbonyl (C=O) groups excluding carboxylic acids is 1. The summed E-state index contributed by atoms with van der Waals surface area (Å²) in [5.41, 5.74) is 1.03. The third kappa shape index (κ3) is 4.08. The first-order valence-corrected chi connectivity index (χ1v) is 6.92. The smallest absolute Gasteiger partial charge is 0.307 e. The largest absolute Gasteiger partial charge is 0.481 e. The zero-order valence-electron chi connectivity index (χ0n) is 12.5. The number of hydrogen-bond donors (Lipinski definition) is 2.